The lowest BCUT2D eigenvalue weighted by atomic mass is 10.3. The molecular formula is C11H15N3O2. The Kier molecular flexibility index (Phi) is 3.48. The highest BCUT2D eigenvalue weighted by molar-refractivity contribution is 5.86. The van der Waals surface area contributed by atoms with Gasteiger partial charge in [-0.15, -0.1) is 5.06 Å². The molecule has 0 bridgehead atoms. The molecule has 0 amide bonds. The zero-order valence-electron chi connectivity index (χ0n) is 9.30. The SMILES string of the molecule is CN1CCN(OC(=O)c2ccccn2)CC1. The van der Waals surface area contributed by atoms with Gasteiger partial charge in [0.2, 0.25) is 0 Å². The molecule has 1 aromatic rings. The predicted molar refractivity (Wildman–Crippen MR) is 58.7 cm³/mol. The maximum atomic E-state index is 11.7. The number of aromatic nitrogens is 1. The van der Waals surface area contributed by atoms with Gasteiger partial charge in [-0.3, -0.25) is 0 Å². The summed E-state index contributed by atoms with van der Waals surface area (Å²) < 4.78 is 0. The van der Waals surface area contributed by atoms with E-state index in [0.29, 0.717) is 5.69 Å². The van der Waals surface area contributed by atoms with E-state index >= 15 is 0 Å². The largest absolute Gasteiger partial charge is 0.375 e. The van der Waals surface area contributed by atoms with Crippen LogP contribution in [0.2, 0.25) is 0 Å². The van der Waals surface area contributed by atoms with E-state index in [1.54, 1.807) is 29.5 Å². The third-order valence-corrected chi connectivity index (χ3v) is 2.55. The van der Waals surface area contributed by atoms with Gasteiger partial charge in [-0.1, -0.05) is 6.07 Å². The van der Waals surface area contributed by atoms with Crippen molar-refractivity contribution < 1.29 is 9.63 Å². The maximum absolute atomic E-state index is 11.7. The molecule has 1 aliphatic rings. The fourth-order valence-corrected chi connectivity index (χ4v) is 1.53. The van der Waals surface area contributed by atoms with Crippen LogP contribution in [-0.2, 0) is 4.84 Å². The molecule has 0 atom stereocenters. The first-order valence-electron chi connectivity index (χ1n) is 5.32. The van der Waals surface area contributed by atoms with Crippen molar-refractivity contribution in [2.24, 2.45) is 0 Å². The van der Waals surface area contributed by atoms with Crippen molar-refractivity contribution in [1.29, 1.82) is 0 Å². The second-order valence-corrected chi connectivity index (χ2v) is 3.83. The van der Waals surface area contributed by atoms with Gasteiger partial charge >= 0.3 is 5.97 Å². The van der Waals surface area contributed by atoms with Gasteiger partial charge in [0.1, 0.15) is 5.69 Å². The van der Waals surface area contributed by atoms with Gasteiger partial charge in [0.15, 0.2) is 0 Å². The summed E-state index contributed by atoms with van der Waals surface area (Å²) in [6.45, 7) is 3.31. The first-order valence-corrected chi connectivity index (χ1v) is 5.32. The van der Waals surface area contributed by atoms with E-state index in [-0.39, 0.29) is 5.97 Å². The van der Waals surface area contributed by atoms with Crippen LogP contribution in [0.3, 0.4) is 0 Å². The molecule has 2 rings (SSSR count). The summed E-state index contributed by atoms with van der Waals surface area (Å²) >= 11 is 0. The summed E-state index contributed by atoms with van der Waals surface area (Å²) in [4.78, 5) is 23.0. The molecule has 16 heavy (non-hydrogen) atoms. The minimum Gasteiger partial charge on any atom is -0.363 e. The van der Waals surface area contributed by atoms with Crippen molar-refractivity contribution in [2.45, 2.75) is 0 Å². The predicted octanol–water partition coefficient (Wildman–Crippen LogP) is 0.401. The molecule has 0 aromatic carbocycles. The molecule has 1 aliphatic heterocycles. The fraction of sp³-hybridized carbons (Fsp3) is 0.455. The van der Waals surface area contributed by atoms with E-state index in [1.165, 1.54) is 0 Å². The summed E-state index contributed by atoms with van der Waals surface area (Å²) in [5.41, 5.74) is 0.349. The average Bonchev–Trinajstić information content (AvgIpc) is 2.33. The van der Waals surface area contributed by atoms with Gasteiger partial charge in [0.25, 0.3) is 0 Å². The molecular weight excluding hydrogens is 206 g/mol. The van der Waals surface area contributed by atoms with Gasteiger partial charge in [0.05, 0.1) is 0 Å². The summed E-state index contributed by atoms with van der Waals surface area (Å²) in [5.74, 6) is -0.384. The second-order valence-electron chi connectivity index (χ2n) is 3.83. The van der Waals surface area contributed by atoms with Crippen LogP contribution in [0.4, 0.5) is 0 Å². The number of hydrogen-bond acceptors (Lipinski definition) is 5. The summed E-state index contributed by atoms with van der Waals surface area (Å²) in [6.07, 6.45) is 1.58. The Hall–Kier alpha value is -1.46. The van der Waals surface area contributed by atoms with Crippen LogP contribution in [0.25, 0.3) is 0 Å². The first-order chi connectivity index (χ1) is 7.75. The second kappa shape index (κ2) is 5.05. The normalized spacial score (nSPS) is 18.3. The van der Waals surface area contributed by atoms with E-state index < -0.39 is 0 Å². The number of nitrogens with zero attached hydrogens (tertiary/aromatic N) is 3. The lowest BCUT2D eigenvalue weighted by Gasteiger charge is -2.30. The van der Waals surface area contributed by atoms with Gasteiger partial charge < -0.3 is 9.74 Å². The molecule has 86 valence electrons. The molecule has 5 heteroatoms. The summed E-state index contributed by atoms with van der Waals surface area (Å²) in [6, 6.07) is 5.19. The number of rotatable bonds is 2. The Morgan fingerprint density at radius 1 is 1.31 bits per heavy atom. The molecule has 0 spiro atoms. The Bertz CT molecular complexity index is 348. The van der Waals surface area contributed by atoms with E-state index in [9.17, 15) is 4.79 Å². The van der Waals surface area contributed by atoms with Crippen LogP contribution >= 0.6 is 0 Å². The molecule has 0 N–H and O–H groups in total. The number of likely N-dealkylation sites (N-methyl/N-ethyl adjacent to an activating group) is 1. The molecule has 2 heterocycles. The van der Waals surface area contributed by atoms with E-state index in [1.807, 2.05) is 0 Å². The van der Waals surface area contributed by atoms with Crippen molar-refractivity contribution in [3.63, 3.8) is 0 Å². The maximum Gasteiger partial charge on any atom is 0.375 e. The molecule has 1 fully saturated rings. The Labute approximate surface area is 94.6 Å². The van der Waals surface area contributed by atoms with Crippen molar-refractivity contribution in [3.05, 3.63) is 30.1 Å². The van der Waals surface area contributed by atoms with Crippen LogP contribution in [0.1, 0.15) is 10.5 Å². The highest BCUT2D eigenvalue weighted by Gasteiger charge is 2.18. The van der Waals surface area contributed by atoms with Crippen LogP contribution in [0.15, 0.2) is 24.4 Å². The number of piperazine rings is 1. The molecule has 1 aromatic heterocycles. The van der Waals surface area contributed by atoms with Crippen LogP contribution in [-0.4, -0.2) is 54.1 Å². The van der Waals surface area contributed by atoms with E-state index in [2.05, 4.69) is 16.9 Å². The Balaban J connectivity index is 1.88. The van der Waals surface area contributed by atoms with Crippen molar-refractivity contribution in [3.8, 4) is 0 Å². The Morgan fingerprint density at radius 2 is 2.06 bits per heavy atom. The zero-order valence-corrected chi connectivity index (χ0v) is 9.30. The van der Waals surface area contributed by atoms with Gasteiger partial charge in [-0.05, 0) is 19.2 Å². The first kappa shape index (κ1) is 11.0. The molecule has 0 unspecified atom stereocenters. The molecule has 5 nitrogen and oxygen atoms in total. The zero-order chi connectivity index (χ0) is 11.4. The van der Waals surface area contributed by atoms with Gasteiger partial charge in [-0.2, -0.15) is 0 Å². The smallest absolute Gasteiger partial charge is 0.363 e. The molecule has 1 saturated heterocycles. The van der Waals surface area contributed by atoms with Crippen LogP contribution in [0, 0.1) is 0 Å². The van der Waals surface area contributed by atoms with Crippen LogP contribution in [0.5, 0.6) is 0 Å². The topological polar surface area (TPSA) is 45.7 Å². The van der Waals surface area contributed by atoms with Crippen molar-refractivity contribution >= 4 is 5.97 Å². The Morgan fingerprint density at radius 3 is 2.69 bits per heavy atom. The third-order valence-electron chi connectivity index (χ3n) is 2.55. The fourth-order valence-electron chi connectivity index (χ4n) is 1.53. The summed E-state index contributed by atoms with van der Waals surface area (Å²) in [5, 5.41) is 1.69. The third kappa shape index (κ3) is 2.77. The number of carbonyl (C=O) groups is 1. The number of hydroxylamine groups is 2. The standard InChI is InChI=1S/C11H15N3O2/c1-13-6-8-14(9-7-13)16-11(15)10-4-2-3-5-12-10/h2-5H,6-9H2,1H3. The lowest BCUT2D eigenvalue weighted by molar-refractivity contribution is -0.128. The van der Waals surface area contributed by atoms with Crippen molar-refractivity contribution in [2.75, 3.05) is 33.2 Å². The van der Waals surface area contributed by atoms with Crippen molar-refractivity contribution in [1.82, 2.24) is 14.9 Å². The quantitative estimate of drug-likeness (QED) is 0.723. The minimum absolute atomic E-state index is 0.349. The lowest BCUT2D eigenvalue weighted by Crippen LogP contribution is -2.45. The monoisotopic (exact) mass is 221 g/mol. The summed E-state index contributed by atoms with van der Waals surface area (Å²) in [7, 11) is 2.05. The van der Waals surface area contributed by atoms with E-state index in [0.717, 1.165) is 26.2 Å². The van der Waals surface area contributed by atoms with E-state index in [4.69, 9.17) is 4.84 Å². The average molecular weight is 221 g/mol. The minimum atomic E-state index is -0.384. The molecule has 0 saturated carbocycles. The molecule has 0 radical (unpaired) electrons. The van der Waals surface area contributed by atoms with Gasteiger partial charge in [-0.25, -0.2) is 9.78 Å². The number of pyridine rings is 1. The van der Waals surface area contributed by atoms with Crippen LogP contribution < -0.4 is 0 Å². The van der Waals surface area contributed by atoms with Gasteiger partial charge in [0, 0.05) is 32.4 Å². The number of hydrogen-bond donors (Lipinski definition) is 0. The highest BCUT2D eigenvalue weighted by Crippen LogP contribution is 2.03. The highest BCUT2D eigenvalue weighted by atomic mass is 16.7. The number of carbonyl (C=O) groups excluding carboxylic acids is 1. The molecule has 0 aliphatic carbocycles.